The molecule has 0 atom stereocenters. The van der Waals surface area contributed by atoms with Crippen molar-refractivity contribution >= 4 is 23.9 Å². The number of nitrogens with one attached hydrogen (secondary N) is 1. The number of carbonyl (C=O) groups excluding carboxylic acids is 1. The highest BCUT2D eigenvalue weighted by Gasteiger charge is 2.03. The summed E-state index contributed by atoms with van der Waals surface area (Å²) >= 11 is 6.01. The molecule has 0 radical (unpaired) electrons. The highest BCUT2D eigenvalue weighted by atomic mass is 35.5. The van der Waals surface area contributed by atoms with Gasteiger partial charge in [0.1, 0.15) is 24.7 Å². The summed E-state index contributed by atoms with van der Waals surface area (Å²) in [6.45, 7) is 0.677. The smallest absolute Gasteiger partial charge is 0.427 e. The van der Waals surface area contributed by atoms with Crippen molar-refractivity contribution in [2.75, 3.05) is 20.3 Å². The van der Waals surface area contributed by atoms with E-state index in [9.17, 15) is 4.79 Å². The summed E-state index contributed by atoms with van der Waals surface area (Å²) in [7, 11) is 1.26. The number of hydrazone groups is 1. The lowest BCUT2D eigenvalue weighted by Crippen LogP contribution is -2.17. The van der Waals surface area contributed by atoms with Gasteiger partial charge in [-0.05, 0) is 24.3 Å². The first-order valence-electron chi connectivity index (χ1n) is 7.17. The third-order valence-corrected chi connectivity index (χ3v) is 3.21. The molecule has 0 saturated heterocycles. The zero-order valence-electron chi connectivity index (χ0n) is 13.1. The van der Waals surface area contributed by atoms with Gasteiger partial charge in [-0.25, -0.2) is 10.2 Å². The van der Waals surface area contributed by atoms with Crippen LogP contribution in [0.2, 0.25) is 5.02 Å². The van der Waals surface area contributed by atoms with Gasteiger partial charge in [-0.1, -0.05) is 35.9 Å². The largest absolute Gasteiger partial charge is 0.489 e. The van der Waals surface area contributed by atoms with Crippen LogP contribution in [0, 0.1) is 0 Å². The number of methoxy groups -OCH3 is 1. The van der Waals surface area contributed by atoms with Crippen LogP contribution in [-0.2, 0) is 4.74 Å². The number of hydrogen-bond acceptors (Lipinski definition) is 5. The molecule has 6 nitrogen and oxygen atoms in total. The minimum Gasteiger partial charge on any atom is -0.489 e. The number of amides is 1. The second kappa shape index (κ2) is 9.42. The molecule has 2 aromatic rings. The Kier molecular flexibility index (Phi) is 6.91. The second-order valence-electron chi connectivity index (χ2n) is 4.53. The normalized spacial score (nSPS) is 10.4. The first-order valence-corrected chi connectivity index (χ1v) is 7.54. The average Bonchev–Trinajstić information content (AvgIpc) is 2.61. The Morgan fingerprint density at radius 2 is 1.71 bits per heavy atom. The van der Waals surface area contributed by atoms with Crippen molar-refractivity contribution in [1.29, 1.82) is 0 Å². The predicted molar refractivity (Wildman–Crippen MR) is 92.0 cm³/mol. The molecule has 0 aliphatic heterocycles. The van der Waals surface area contributed by atoms with Crippen LogP contribution in [-0.4, -0.2) is 32.6 Å². The van der Waals surface area contributed by atoms with Crippen molar-refractivity contribution in [3.63, 3.8) is 0 Å². The fourth-order valence-electron chi connectivity index (χ4n) is 1.78. The molecule has 2 aromatic carbocycles. The minimum atomic E-state index is -0.641. The van der Waals surface area contributed by atoms with Gasteiger partial charge in [0.05, 0.1) is 18.3 Å². The van der Waals surface area contributed by atoms with Crippen LogP contribution < -0.4 is 14.9 Å². The third kappa shape index (κ3) is 5.48. The van der Waals surface area contributed by atoms with Crippen molar-refractivity contribution in [3.05, 3.63) is 59.1 Å². The van der Waals surface area contributed by atoms with Crippen LogP contribution in [0.3, 0.4) is 0 Å². The average molecular weight is 349 g/mol. The van der Waals surface area contributed by atoms with Gasteiger partial charge in [-0.15, -0.1) is 0 Å². The van der Waals surface area contributed by atoms with E-state index in [0.717, 1.165) is 0 Å². The van der Waals surface area contributed by atoms with Crippen LogP contribution in [0.15, 0.2) is 53.6 Å². The van der Waals surface area contributed by atoms with E-state index < -0.39 is 6.09 Å². The van der Waals surface area contributed by atoms with Crippen LogP contribution >= 0.6 is 11.6 Å². The van der Waals surface area contributed by atoms with Gasteiger partial charge in [-0.3, -0.25) is 0 Å². The van der Waals surface area contributed by atoms with Gasteiger partial charge in [0, 0.05) is 5.56 Å². The van der Waals surface area contributed by atoms with Gasteiger partial charge in [0.15, 0.2) is 0 Å². The summed E-state index contributed by atoms with van der Waals surface area (Å²) in [6.07, 6.45) is 0.832. The van der Waals surface area contributed by atoms with E-state index in [0.29, 0.717) is 35.3 Å². The molecule has 0 heterocycles. The molecule has 0 spiro atoms. The topological polar surface area (TPSA) is 69.2 Å². The lowest BCUT2D eigenvalue weighted by atomic mass is 10.2. The van der Waals surface area contributed by atoms with Crippen molar-refractivity contribution in [1.82, 2.24) is 5.43 Å². The molecule has 0 bridgehead atoms. The maximum atomic E-state index is 11.0. The lowest BCUT2D eigenvalue weighted by molar-refractivity contribution is 0.171. The Labute approximate surface area is 145 Å². The first-order chi connectivity index (χ1) is 11.7. The van der Waals surface area contributed by atoms with Gasteiger partial charge in [0.25, 0.3) is 0 Å². The molecule has 7 heteroatoms. The van der Waals surface area contributed by atoms with Crippen molar-refractivity contribution < 1.29 is 19.0 Å². The summed E-state index contributed by atoms with van der Waals surface area (Å²) in [4.78, 5) is 11.0. The summed E-state index contributed by atoms with van der Waals surface area (Å²) in [5.41, 5.74) is 2.93. The molecule has 126 valence electrons. The van der Waals surface area contributed by atoms with Gasteiger partial charge >= 0.3 is 6.09 Å². The number of ether oxygens (including phenoxy) is 3. The molecule has 1 amide bonds. The first kappa shape index (κ1) is 17.6. The predicted octanol–water partition coefficient (Wildman–Crippen LogP) is 3.49. The van der Waals surface area contributed by atoms with E-state index in [2.05, 4.69) is 15.3 Å². The SMILES string of the molecule is COC(=O)NN=Cc1ccccc1OCCOc1ccccc1Cl. The number of carbonyl (C=O) groups is 1. The number of rotatable bonds is 7. The maximum absolute atomic E-state index is 11.0. The van der Waals surface area contributed by atoms with E-state index >= 15 is 0 Å². The van der Waals surface area contributed by atoms with E-state index in [1.54, 1.807) is 18.2 Å². The molecule has 2 rings (SSSR count). The maximum Gasteiger partial charge on any atom is 0.427 e. The van der Waals surface area contributed by atoms with Gasteiger partial charge in [-0.2, -0.15) is 5.10 Å². The van der Waals surface area contributed by atoms with Gasteiger partial charge < -0.3 is 14.2 Å². The van der Waals surface area contributed by atoms with E-state index in [1.807, 2.05) is 30.3 Å². The zero-order chi connectivity index (χ0) is 17.2. The zero-order valence-corrected chi connectivity index (χ0v) is 13.8. The lowest BCUT2D eigenvalue weighted by Gasteiger charge is -2.11. The molecule has 24 heavy (non-hydrogen) atoms. The van der Waals surface area contributed by atoms with E-state index in [-0.39, 0.29) is 0 Å². The Balaban J connectivity index is 1.86. The van der Waals surface area contributed by atoms with Crippen molar-refractivity contribution in [2.45, 2.75) is 0 Å². The Morgan fingerprint density at radius 1 is 1.08 bits per heavy atom. The van der Waals surface area contributed by atoms with Crippen LogP contribution in [0.4, 0.5) is 4.79 Å². The number of benzene rings is 2. The summed E-state index contributed by atoms with van der Waals surface area (Å²) < 4.78 is 15.7. The summed E-state index contributed by atoms with van der Waals surface area (Å²) in [5, 5.41) is 4.34. The molecule has 0 aliphatic rings. The van der Waals surface area contributed by atoms with Gasteiger partial charge in [0.2, 0.25) is 0 Å². The molecule has 0 saturated carbocycles. The van der Waals surface area contributed by atoms with Crippen LogP contribution in [0.25, 0.3) is 0 Å². The van der Waals surface area contributed by atoms with E-state index in [4.69, 9.17) is 21.1 Å². The molecule has 0 aliphatic carbocycles. The Morgan fingerprint density at radius 3 is 2.42 bits per heavy atom. The fraction of sp³-hybridized carbons (Fsp3) is 0.176. The fourth-order valence-corrected chi connectivity index (χ4v) is 1.97. The Hall–Kier alpha value is -2.73. The summed E-state index contributed by atoms with van der Waals surface area (Å²) in [5.74, 6) is 1.23. The quantitative estimate of drug-likeness (QED) is 0.472. The standard InChI is InChI=1S/C17H17ClN2O4/c1-22-17(21)20-19-12-13-6-2-4-8-15(13)23-10-11-24-16-9-5-3-7-14(16)18/h2-9,12H,10-11H2,1H3,(H,20,21). The highest BCUT2D eigenvalue weighted by Crippen LogP contribution is 2.23. The highest BCUT2D eigenvalue weighted by molar-refractivity contribution is 6.32. The van der Waals surface area contributed by atoms with E-state index in [1.165, 1.54) is 13.3 Å². The number of nitrogens with zero attached hydrogens (tertiary/aromatic N) is 1. The molecular formula is C17H17ClN2O4. The molecule has 0 unspecified atom stereocenters. The van der Waals surface area contributed by atoms with Crippen molar-refractivity contribution in [2.24, 2.45) is 5.10 Å². The molecule has 0 aromatic heterocycles. The number of para-hydroxylation sites is 2. The third-order valence-electron chi connectivity index (χ3n) is 2.90. The summed E-state index contributed by atoms with van der Waals surface area (Å²) in [6, 6.07) is 14.5. The second-order valence-corrected chi connectivity index (χ2v) is 4.93. The van der Waals surface area contributed by atoms with Crippen LogP contribution in [0.1, 0.15) is 5.56 Å². The number of hydrogen-bond donors (Lipinski definition) is 1. The monoisotopic (exact) mass is 348 g/mol. The van der Waals surface area contributed by atoms with Crippen LogP contribution in [0.5, 0.6) is 11.5 Å². The number of halogens is 1. The minimum absolute atomic E-state index is 0.334. The molecule has 1 N–H and O–H groups in total. The molecule has 0 fully saturated rings. The Bertz CT molecular complexity index is 706. The molecular weight excluding hydrogens is 332 g/mol. The van der Waals surface area contributed by atoms with Crippen molar-refractivity contribution in [3.8, 4) is 11.5 Å².